The summed E-state index contributed by atoms with van der Waals surface area (Å²) in [4.78, 5) is 0. The van der Waals surface area contributed by atoms with Crippen LogP contribution in [-0.4, -0.2) is 31.6 Å². The number of phenolic OH excluding ortho intramolecular Hbond substituents is 1. The fraction of sp³-hybridized carbons (Fsp3) is 0.211. The Hall–Kier alpha value is -3.15. The molecular weight excluding hydrogens is 322 g/mol. The summed E-state index contributed by atoms with van der Waals surface area (Å²) in [5.41, 5.74) is 3.15. The molecule has 1 aromatic heterocycles. The van der Waals surface area contributed by atoms with E-state index in [1.807, 2.05) is 25.1 Å². The molecule has 0 aliphatic rings. The predicted octanol–water partition coefficient (Wildman–Crippen LogP) is 4.05. The molecule has 0 unspecified atom stereocenters. The van der Waals surface area contributed by atoms with Gasteiger partial charge in [0.15, 0.2) is 28.8 Å². The van der Waals surface area contributed by atoms with Gasteiger partial charge in [0, 0.05) is 17.2 Å². The summed E-state index contributed by atoms with van der Waals surface area (Å²) in [5.74, 6) is 2.30. The highest BCUT2D eigenvalue weighted by Gasteiger charge is 2.15. The summed E-state index contributed by atoms with van der Waals surface area (Å²) in [6.07, 6.45) is 0. The Kier molecular flexibility index (Phi) is 4.52. The second-order valence-electron chi connectivity index (χ2n) is 5.49. The van der Waals surface area contributed by atoms with Gasteiger partial charge in [-0.15, -0.1) is 0 Å². The lowest BCUT2D eigenvalue weighted by Crippen LogP contribution is -1.94. The molecular formula is C19H19NO5. The first kappa shape index (κ1) is 16.7. The van der Waals surface area contributed by atoms with Gasteiger partial charge in [-0.25, -0.2) is 0 Å². The van der Waals surface area contributed by atoms with Crippen LogP contribution in [0.5, 0.6) is 23.0 Å². The smallest absolute Gasteiger partial charge is 0.167 e. The predicted molar refractivity (Wildman–Crippen MR) is 93.4 cm³/mol. The summed E-state index contributed by atoms with van der Waals surface area (Å²) in [5, 5.41) is 14.0. The van der Waals surface area contributed by atoms with Gasteiger partial charge in [-0.05, 0) is 42.8 Å². The third-order valence-corrected chi connectivity index (χ3v) is 3.93. The molecule has 0 saturated heterocycles. The Morgan fingerprint density at radius 3 is 2.28 bits per heavy atom. The summed E-state index contributed by atoms with van der Waals surface area (Å²) >= 11 is 0. The van der Waals surface area contributed by atoms with Crippen molar-refractivity contribution in [3.05, 3.63) is 42.0 Å². The van der Waals surface area contributed by atoms with Gasteiger partial charge in [0.1, 0.15) is 5.69 Å². The molecule has 6 heteroatoms. The molecule has 0 bridgehead atoms. The summed E-state index contributed by atoms with van der Waals surface area (Å²) in [6.45, 7) is 1.94. The van der Waals surface area contributed by atoms with Crippen molar-refractivity contribution >= 4 is 0 Å². The molecule has 0 amide bonds. The van der Waals surface area contributed by atoms with Crippen LogP contribution in [0.3, 0.4) is 0 Å². The van der Waals surface area contributed by atoms with Gasteiger partial charge in [0.2, 0.25) is 0 Å². The SMILES string of the molecule is COc1ccc(-c2cc(-c3cc(C)c(OC)c(OC)c3)no2)cc1O. The molecule has 1 heterocycles. The highest BCUT2D eigenvalue weighted by molar-refractivity contribution is 5.71. The van der Waals surface area contributed by atoms with E-state index < -0.39 is 0 Å². The number of phenols is 1. The molecule has 0 fully saturated rings. The van der Waals surface area contributed by atoms with Gasteiger partial charge in [0.25, 0.3) is 0 Å². The molecule has 3 aromatic rings. The van der Waals surface area contributed by atoms with Crippen molar-refractivity contribution in [1.82, 2.24) is 5.16 Å². The van der Waals surface area contributed by atoms with Crippen LogP contribution in [0.25, 0.3) is 22.6 Å². The van der Waals surface area contributed by atoms with Crippen molar-refractivity contribution in [3.63, 3.8) is 0 Å². The number of hydrogen-bond donors (Lipinski definition) is 1. The molecule has 130 valence electrons. The Balaban J connectivity index is 1.99. The summed E-state index contributed by atoms with van der Waals surface area (Å²) < 4.78 is 21.2. The summed E-state index contributed by atoms with van der Waals surface area (Å²) in [7, 11) is 4.70. The van der Waals surface area contributed by atoms with Crippen LogP contribution in [0.2, 0.25) is 0 Å². The van der Waals surface area contributed by atoms with E-state index in [-0.39, 0.29) is 5.75 Å². The Morgan fingerprint density at radius 2 is 1.64 bits per heavy atom. The van der Waals surface area contributed by atoms with E-state index in [1.54, 1.807) is 32.4 Å². The number of aryl methyl sites for hydroxylation is 1. The van der Waals surface area contributed by atoms with E-state index in [1.165, 1.54) is 7.11 Å². The Bertz CT molecular complexity index is 901. The highest BCUT2D eigenvalue weighted by atomic mass is 16.5. The van der Waals surface area contributed by atoms with Gasteiger partial charge in [0.05, 0.1) is 21.3 Å². The van der Waals surface area contributed by atoms with Gasteiger partial charge in [-0.1, -0.05) is 5.16 Å². The van der Waals surface area contributed by atoms with Gasteiger partial charge in [-0.2, -0.15) is 0 Å². The lowest BCUT2D eigenvalue weighted by molar-refractivity contribution is 0.353. The normalized spacial score (nSPS) is 10.6. The zero-order chi connectivity index (χ0) is 18.0. The van der Waals surface area contributed by atoms with Crippen molar-refractivity contribution in [2.75, 3.05) is 21.3 Å². The molecule has 3 rings (SSSR count). The molecule has 0 spiro atoms. The zero-order valence-electron chi connectivity index (χ0n) is 14.5. The molecule has 25 heavy (non-hydrogen) atoms. The van der Waals surface area contributed by atoms with E-state index in [4.69, 9.17) is 18.7 Å². The summed E-state index contributed by atoms with van der Waals surface area (Å²) in [6, 6.07) is 10.6. The molecule has 0 aliphatic carbocycles. The van der Waals surface area contributed by atoms with Crippen molar-refractivity contribution in [2.24, 2.45) is 0 Å². The lowest BCUT2D eigenvalue weighted by atomic mass is 10.1. The number of methoxy groups -OCH3 is 3. The van der Waals surface area contributed by atoms with Crippen LogP contribution < -0.4 is 14.2 Å². The van der Waals surface area contributed by atoms with Gasteiger partial charge < -0.3 is 23.8 Å². The minimum Gasteiger partial charge on any atom is -0.504 e. The Morgan fingerprint density at radius 1 is 0.880 bits per heavy atom. The number of aromatic hydroxyl groups is 1. The molecule has 0 atom stereocenters. The van der Waals surface area contributed by atoms with Crippen LogP contribution >= 0.6 is 0 Å². The van der Waals surface area contributed by atoms with Crippen molar-refractivity contribution in [2.45, 2.75) is 6.92 Å². The molecule has 1 N–H and O–H groups in total. The van der Waals surface area contributed by atoms with Gasteiger partial charge >= 0.3 is 0 Å². The number of hydrogen-bond acceptors (Lipinski definition) is 6. The van der Waals surface area contributed by atoms with Crippen molar-refractivity contribution in [3.8, 4) is 45.6 Å². The zero-order valence-corrected chi connectivity index (χ0v) is 14.5. The van der Waals surface area contributed by atoms with Crippen LogP contribution in [0.4, 0.5) is 0 Å². The number of aromatic nitrogens is 1. The monoisotopic (exact) mass is 341 g/mol. The number of benzene rings is 2. The van der Waals surface area contributed by atoms with E-state index in [0.717, 1.165) is 11.1 Å². The molecule has 0 saturated carbocycles. The van der Waals surface area contributed by atoms with Crippen molar-refractivity contribution < 1.29 is 23.8 Å². The fourth-order valence-corrected chi connectivity index (χ4v) is 2.69. The first-order valence-corrected chi connectivity index (χ1v) is 7.64. The average Bonchev–Trinajstić information content (AvgIpc) is 3.11. The first-order valence-electron chi connectivity index (χ1n) is 7.64. The standard InChI is InChI=1S/C19H19NO5/c1-11-7-13(9-18(23-3)19(11)24-4)14-10-17(25-20-14)12-5-6-16(22-2)15(21)8-12/h5-10,21H,1-4H3. The topological polar surface area (TPSA) is 74.0 Å². The second kappa shape index (κ2) is 6.76. The van der Waals surface area contributed by atoms with Crippen molar-refractivity contribution in [1.29, 1.82) is 0 Å². The molecule has 2 aromatic carbocycles. The maximum absolute atomic E-state index is 9.92. The number of nitrogens with zero attached hydrogens (tertiary/aromatic N) is 1. The molecule has 0 aliphatic heterocycles. The van der Waals surface area contributed by atoms with Crippen LogP contribution in [0.15, 0.2) is 40.9 Å². The van der Waals surface area contributed by atoms with Crippen LogP contribution in [0, 0.1) is 6.92 Å². The quantitative estimate of drug-likeness (QED) is 0.755. The maximum Gasteiger partial charge on any atom is 0.167 e. The molecule has 6 nitrogen and oxygen atoms in total. The first-order chi connectivity index (χ1) is 12.1. The minimum absolute atomic E-state index is 0.0416. The lowest BCUT2D eigenvalue weighted by Gasteiger charge is -2.11. The van der Waals surface area contributed by atoms with E-state index in [2.05, 4.69) is 5.16 Å². The van der Waals surface area contributed by atoms with E-state index in [0.29, 0.717) is 34.3 Å². The molecule has 0 radical (unpaired) electrons. The highest BCUT2D eigenvalue weighted by Crippen LogP contribution is 2.37. The number of rotatable bonds is 5. The fourth-order valence-electron chi connectivity index (χ4n) is 2.69. The minimum atomic E-state index is 0.0416. The second-order valence-corrected chi connectivity index (χ2v) is 5.49. The van der Waals surface area contributed by atoms with E-state index >= 15 is 0 Å². The largest absolute Gasteiger partial charge is 0.504 e. The maximum atomic E-state index is 9.92. The van der Waals surface area contributed by atoms with E-state index in [9.17, 15) is 5.11 Å². The van der Waals surface area contributed by atoms with Crippen LogP contribution in [-0.2, 0) is 0 Å². The third kappa shape index (κ3) is 3.10. The van der Waals surface area contributed by atoms with Gasteiger partial charge in [-0.3, -0.25) is 0 Å². The average molecular weight is 341 g/mol. The Labute approximate surface area is 145 Å². The number of ether oxygens (including phenoxy) is 3. The van der Waals surface area contributed by atoms with Crippen LogP contribution in [0.1, 0.15) is 5.56 Å². The third-order valence-electron chi connectivity index (χ3n) is 3.93.